The summed E-state index contributed by atoms with van der Waals surface area (Å²) in [5.74, 6) is -2.02. The first kappa shape index (κ1) is 18.9. The molecule has 0 aliphatic carbocycles. The number of rotatable bonds is 5. The van der Waals surface area contributed by atoms with Crippen molar-refractivity contribution in [2.45, 2.75) is 25.4 Å². The lowest BCUT2D eigenvalue weighted by atomic mass is 10.1. The quantitative estimate of drug-likeness (QED) is 0.462. The molecular weight excluding hydrogens is 354 g/mol. The molecule has 2 heterocycles. The Morgan fingerprint density at radius 2 is 1.12 bits per heavy atom. The Morgan fingerprint density at radius 1 is 0.792 bits per heavy atom. The first-order valence-corrected chi connectivity index (χ1v) is 10.5. The van der Waals surface area contributed by atoms with E-state index >= 15 is 0 Å². The Bertz CT molecular complexity index is 762. The van der Waals surface area contributed by atoms with E-state index in [0.29, 0.717) is 11.1 Å². The highest BCUT2D eigenvalue weighted by Crippen LogP contribution is 2.46. The van der Waals surface area contributed by atoms with Gasteiger partial charge in [0.2, 0.25) is 0 Å². The van der Waals surface area contributed by atoms with E-state index < -0.39 is 26.8 Å². The fourth-order valence-electron chi connectivity index (χ4n) is 2.14. The predicted molar refractivity (Wildman–Crippen MR) is 85.8 cm³/mol. The standard InChI is InChI=1S/C14H18N2O6P2/c1-11(23(17,18)19)15-7-3-5-13(9-15)14-6-4-8-16(10-14)12(2)24(20,21)22/h3-12H,1-2H3,(H2-2,17,18,19,20,21,22)/p+2. The van der Waals surface area contributed by atoms with Crippen LogP contribution in [-0.2, 0) is 9.13 Å². The van der Waals surface area contributed by atoms with Crippen LogP contribution in [0.15, 0.2) is 49.1 Å². The largest absolute Gasteiger partial charge is 0.392 e. The molecule has 24 heavy (non-hydrogen) atoms. The first-order chi connectivity index (χ1) is 11.0. The van der Waals surface area contributed by atoms with Crippen LogP contribution in [0.2, 0.25) is 0 Å². The monoisotopic (exact) mass is 374 g/mol. The summed E-state index contributed by atoms with van der Waals surface area (Å²) in [4.78, 5) is 37.2. The Kier molecular flexibility index (Phi) is 5.40. The van der Waals surface area contributed by atoms with Crippen LogP contribution in [0.25, 0.3) is 11.1 Å². The zero-order chi connectivity index (χ0) is 18.1. The highest BCUT2D eigenvalue weighted by Gasteiger charge is 2.34. The lowest BCUT2D eigenvalue weighted by Gasteiger charge is -2.11. The van der Waals surface area contributed by atoms with Crippen LogP contribution in [0, 0.1) is 0 Å². The third-order valence-electron chi connectivity index (χ3n) is 3.81. The van der Waals surface area contributed by atoms with Crippen molar-refractivity contribution in [1.82, 2.24) is 0 Å². The number of nitrogens with zero attached hydrogens (tertiary/aromatic N) is 2. The van der Waals surface area contributed by atoms with Gasteiger partial charge in [-0.05, 0) is 12.1 Å². The smallest absolute Gasteiger partial charge is 0.320 e. The average Bonchev–Trinajstić information content (AvgIpc) is 2.52. The first-order valence-electron chi connectivity index (χ1n) is 7.12. The summed E-state index contributed by atoms with van der Waals surface area (Å²) in [6, 6.07) is 6.83. The Hall–Kier alpha value is -1.40. The summed E-state index contributed by atoms with van der Waals surface area (Å²) >= 11 is 0. The molecule has 0 saturated carbocycles. The summed E-state index contributed by atoms with van der Waals surface area (Å²) < 4.78 is 25.7. The third kappa shape index (κ3) is 4.36. The molecule has 0 spiro atoms. The van der Waals surface area contributed by atoms with Crippen molar-refractivity contribution in [1.29, 1.82) is 0 Å². The van der Waals surface area contributed by atoms with E-state index in [4.69, 9.17) is 0 Å². The summed E-state index contributed by atoms with van der Waals surface area (Å²) in [7, 11) is -8.57. The van der Waals surface area contributed by atoms with Gasteiger partial charge >= 0.3 is 15.2 Å². The number of hydrogen-bond acceptors (Lipinski definition) is 2. The van der Waals surface area contributed by atoms with Crippen LogP contribution in [0.5, 0.6) is 0 Å². The lowest BCUT2D eigenvalue weighted by molar-refractivity contribution is -0.702. The molecule has 0 amide bonds. The van der Waals surface area contributed by atoms with Crippen molar-refractivity contribution < 1.29 is 37.8 Å². The Balaban J connectivity index is 2.43. The van der Waals surface area contributed by atoms with E-state index in [1.165, 1.54) is 23.0 Å². The molecule has 0 bridgehead atoms. The van der Waals surface area contributed by atoms with Crippen molar-refractivity contribution >= 4 is 15.2 Å². The zero-order valence-corrected chi connectivity index (χ0v) is 15.0. The molecule has 0 saturated heterocycles. The van der Waals surface area contributed by atoms with Crippen molar-refractivity contribution in [3.63, 3.8) is 0 Å². The summed E-state index contributed by atoms with van der Waals surface area (Å²) in [5, 5.41) is 0. The minimum Gasteiger partial charge on any atom is -0.320 e. The Labute approximate surface area is 139 Å². The van der Waals surface area contributed by atoms with Gasteiger partial charge < -0.3 is 19.6 Å². The molecule has 2 aromatic rings. The van der Waals surface area contributed by atoms with Crippen LogP contribution in [0.4, 0.5) is 0 Å². The molecule has 2 unspecified atom stereocenters. The molecule has 2 aromatic heterocycles. The molecule has 0 radical (unpaired) electrons. The molecule has 4 N–H and O–H groups in total. The predicted octanol–water partition coefficient (Wildman–Crippen LogP) is 1.32. The fraction of sp³-hybridized carbons (Fsp3) is 0.286. The van der Waals surface area contributed by atoms with Crippen molar-refractivity contribution in [3.05, 3.63) is 49.1 Å². The van der Waals surface area contributed by atoms with E-state index in [1.54, 1.807) is 49.1 Å². The minimum atomic E-state index is -4.28. The van der Waals surface area contributed by atoms with Crippen LogP contribution >= 0.6 is 15.2 Å². The Morgan fingerprint density at radius 3 is 1.42 bits per heavy atom. The number of aromatic nitrogens is 2. The molecule has 8 nitrogen and oxygen atoms in total. The third-order valence-corrected chi connectivity index (χ3v) is 6.29. The van der Waals surface area contributed by atoms with E-state index in [1.807, 2.05) is 0 Å². The van der Waals surface area contributed by atoms with Gasteiger partial charge in [-0.2, -0.15) is 9.13 Å². The summed E-state index contributed by atoms with van der Waals surface area (Å²) in [6.45, 7) is 2.84. The molecular formula is C14H20N2O6P2+2. The molecule has 2 rings (SSSR count). The average molecular weight is 374 g/mol. The maximum Gasteiger partial charge on any atom is 0.392 e. The second kappa shape index (κ2) is 6.84. The second-order valence-corrected chi connectivity index (χ2v) is 9.37. The molecule has 2 atom stereocenters. The molecule has 0 fully saturated rings. The molecule has 10 heteroatoms. The highest BCUT2D eigenvalue weighted by molar-refractivity contribution is 7.51. The fourth-order valence-corrected chi connectivity index (χ4v) is 3.12. The van der Waals surface area contributed by atoms with Crippen molar-refractivity contribution in [2.24, 2.45) is 0 Å². The molecule has 130 valence electrons. The number of pyridine rings is 2. The normalized spacial score (nSPS) is 15.1. The molecule has 0 aliphatic heterocycles. The van der Waals surface area contributed by atoms with Gasteiger partial charge in [-0.1, -0.05) is 0 Å². The van der Waals surface area contributed by atoms with E-state index in [-0.39, 0.29) is 0 Å². The second-order valence-electron chi connectivity index (χ2n) is 5.52. The van der Waals surface area contributed by atoms with Crippen molar-refractivity contribution in [2.75, 3.05) is 0 Å². The summed E-state index contributed by atoms with van der Waals surface area (Å²) in [5.41, 5.74) is 1.34. The van der Waals surface area contributed by atoms with Gasteiger partial charge in [0.05, 0.1) is 11.1 Å². The van der Waals surface area contributed by atoms with Gasteiger partial charge in [0.15, 0.2) is 24.8 Å². The highest BCUT2D eigenvalue weighted by atomic mass is 31.2. The topological polar surface area (TPSA) is 123 Å². The van der Waals surface area contributed by atoms with Gasteiger partial charge in [0.1, 0.15) is 0 Å². The minimum absolute atomic E-state index is 0.671. The lowest BCUT2D eigenvalue weighted by Crippen LogP contribution is -2.38. The maximum atomic E-state index is 11.4. The maximum absolute atomic E-state index is 11.4. The van der Waals surface area contributed by atoms with E-state index in [9.17, 15) is 28.7 Å². The van der Waals surface area contributed by atoms with E-state index in [0.717, 1.165) is 0 Å². The number of hydrogen-bond donors (Lipinski definition) is 4. The van der Waals surface area contributed by atoms with E-state index in [2.05, 4.69) is 0 Å². The summed E-state index contributed by atoms with van der Waals surface area (Å²) in [6.07, 6.45) is 6.29. The SMILES string of the molecule is CC([n+]1cccc(-c2ccc[n+](C(C)P(=O)(O)O)c2)c1)P(=O)(O)O. The molecule has 0 aromatic carbocycles. The van der Waals surface area contributed by atoms with Crippen LogP contribution < -0.4 is 9.13 Å². The van der Waals surface area contributed by atoms with Crippen LogP contribution in [-0.4, -0.2) is 19.6 Å². The van der Waals surface area contributed by atoms with Gasteiger partial charge in [0.25, 0.3) is 11.6 Å². The molecule has 0 aliphatic rings. The van der Waals surface area contributed by atoms with Crippen LogP contribution in [0.3, 0.4) is 0 Å². The van der Waals surface area contributed by atoms with Crippen LogP contribution in [0.1, 0.15) is 25.4 Å². The van der Waals surface area contributed by atoms with Gasteiger partial charge in [-0.15, -0.1) is 0 Å². The van der Waals surface area contributed by atoms with Gasteiger partial charge in [-0.25, -0.2) is 0 Å². The zero-order valence-electron chi connectivity index (χ0n) is 13.2. The van der Waals surface area contributed by atoms with Crippen molar-refractivity contribution in [3.8, 4) is 11.1 Å². The van der Waals surface area contributed by atoms with Gasteiger partial charge in [0, 0.05) is 26.0 Å². The van der Waals surface area contributed by atoms with Gasteiger partial charge in [-0.3, -0.25) is 9.13 Å².